The summed E-state index contributed by atoms with van der Waals surface area (Å²) in [5.41, 5.74) is -0.433. The van der Waals surface area contributed by atoms with Gasteiger partial charge in [-0.2, -0.15) is 0 Å². The van der Waals surface area contributed by atoms with Crippen LogP contribution in [0, 0.1) is 0 Å². The van der Waals surface area contributed by atoms with Gasteiger partial charge in [0.15, 0.2) is 0 Å². The molecule has 2 aliphatic heterocycles. The second-order valence-corrected chi connectivity index (χ2v) is 5.64. The predicted octanol–water partition coefficient (Wildman–Crippen LogP) is 0.984. The molecule has 0 unspecified atom stereocenters. The van der Waals surface area contributed by atoms with Crippen molar-refractivity contribution in [3.8, 4) is 0 Å². The number of nitrogens with one attached hydrogen (secondary N) is 1. The molecule has 0 bridgehead atoms. The molecule has 98 valence electrons. The summed E-state index contributed by atoms with van der Waals surface area (Å²) in [7, 11) is 0. The Bertz CT molecular complexity index is 286. The van der Waals surface area contributed by atoms with Crippen molar-refractivity contribution in [3.05, 3.63) is 0 Å². The second-order valence-electron chi connectivity index (χ2n) is 5.64. The van der Waals surface area contributed by atoms with E-state index in [9.17, 15) is 4.79 Å². The molecular formula is C12H22N2O3. The minimum absolute atomic E-state index is 0.116. The Kier molecular flexibility index (Phi) is 3.58. The zero-order valence-electron chi connectivity index (χ0n) is 10.9. The third-order valence-corrected chi connectivity index (χ3v) is 3.08. The summed E-state index contributed by atoms with van der Waals surface area (Å²) >= 11 is 0. The van der Waals surface area contributed by atoms with Gasteiger partial charge < -0.3 is 19.7 Å². The molecule has 2 aliphatic rings. The van der Waals surface area contributed by atoms with Crippen molar-refractivity contribution in [1.82, 2.24) is 10.2 Å². The van der Waals surface area contributed by atoms with E-state index in [4.69, 9.17) is 9.47 Å². The van der Waals surface area contributed by atoms with Crippen LogP contribution in [0.4, 0.5) is 4.79 Å². The lowest BCUT2D eigenvalue weighted by Crippen LogP contribution is -2.60. The predicted molar refractivity (Wildman–Crippen MR) is 64.0 cm³/mol. The molecule has 0 aromatic heterocycles. The van der Waals surface area contributed by atoms with Gasteiger partial charge in [0.2, 0.25) is 0 Å². The van der Waals surface area contributed by atoms with Crippen LogP contribution in [0.1, 0.15) is 27.2 Å². The van der Waals surface area contributed by atoms with E-state index >= 15 is 0 Å². The number of ether oxygens (including phenoxy) is 2. The van der Waals surface area contributed by atoms with Crippen LogP contribution in [0.15, 0.2) is 0 Å². The largest absolute Gasteiger partial charge is 0.444 e. The van der Waals surface area contributed by atoms with Crippen molar-refractivity contribution in [2.75, 3.05) is 26.2 Å². The Labute approximate surface area is 102 Å². The Morgan fingerprint density at radius 3 is 2.94 bits per heavy atom. The fraction of sp³-hybridized carbons (Fsp3) is 0.917. The maximum atomic E-state index is 12.1. The maximum absolute atomic E-state index is 12.1. The zero-order valence-corrected chi connectivity index (χ0v) is 10.9. The van der Waals surface area contributed by atoms with Crippen LogP contribution in [0.3, 0.4) is 0 Å². The van der Waals surface area contributed by atoms with Crippen LogP contribution in [0.25, 0.3) is 0 Å². The number of hydrogen-bond acceptors (Lipinski definition) is 4. The molecule has 0 aromatic rings. The van der Waals surface area contributed by atoms with Crippen molar-refractivity contribution in [2.24, 2.45) is 0 Å². The average Bonchev–Trinajstić information content (AvgIpc) is 2.26. The first-order valence-corrected chi connectivity index (χ1v) is 6.29. The van der Waals surface area contributed by atoms with Gasteiger partial charge >= 0.3 is 6.09 Å². The van der Waals surface area contributed by atoms with Crippen LogP contribution in [0.2, 0.25) is 0 Å². The van der Waals surface area contributed by atoms with E-state index in [-0.39, 0.29) is 18.2 Å². The number of amides is 1. The minimum atomic E-state index is -0.433. The molecule has 1 N–H and O–H groups in total. The van der Waals surface area contributed by atoms with Gasteiger partial charge in [-0.15, -0.1) is 0 Å². The zero-order chi connectivity index (χ0) is 12.5. The highest BCUT2D eigenvalue weighted by atomic mass is 16.6. The molecule has 0 aliphatic carbocycles. The number of carbonyl (C=O) groups is 1. The number of morpholine rings is 1. The molecule has 0 spiro atoms. The summed E-state index contributed by atoms with van der Waals surface area (Å²) in [6.07, 6.45) is 0.840. The Morgan fingerprint density at radius 2 is 2.24 bits per heavy atom. The van der Waals surface area contributed by atoms with Gasteiger partial charge in [0.25, 0.3) is 0 Å². The number of carbonyl (C=O) groups excluding carboxylic acids is 1. The van der Waals surface area contributed by atoms with Crippen molar-refractivity contribution in [1.29, 1.82) is 0 Å². The molecular weight excluding hydrogens is 220 g/mol. The molecule has 2 saturated heterocycles. The van der Waals surface area contributed by atoms with Gasteiger partial charge in [0.05, 0.1) is 18.8 Å². The van der Waals surface area contributed by atoms with Crippen molar-refractivity contribution in [3.63, 3.8) is 0 Å². The van der Waals surface area contributed by atoms with Crippen LogP contribution in [-0.2, 0) is 9.47 Å². The van der Waals surface area contributed by atoms with Crippen molar-refractivity contribution >= 4 is 6.09 Å². The summed E-state index contributed by atoms with van der Waals surface area (Å²) < 4.78 is 11.1. The fourth-order valence-electron chi connectivity index (χ4n) is 2.36. The van der Waals surface area contributed by atoms with Crippen LogP contribution < -0.4 is 5.32 Å². The van der Waals surface area contributed by atoms with E-state index in [1.165, 1.54) is 0 Å². The van der Waals surface area contributed by atoms with Crippen LogP contribution in [-0.4, -0.2) is 55.0 Å². The first-order valence-electron chi connectivity index (χ1n) is 6.29. The quantitative estimate of drug-likeness (QED) is 0.688. The van der Waals surface area contributed by atoms with Gasteiger partial charge in [-0.3, -0.25) is 0 Å². The van der Waals surface area contributed by atoms with E-state index in [2.05, 4.69) is 5.32 Å². The summed E-state index contributed by atoms with van der Waals surface area (Å²) in [4.78, 5) is 13.9. The molecule has 1 amide bonds. The lowest BCUT2D eigenvalue weighted by Gasteiger charge is -2.43. The Morgan fingerprint density at radius 1 is 1.47 bits per heavy atom. The van der Waals surface area contributed by atoms with E-state index in [1.807, 2.05) is 25.7 Å². The molecule has 5 heteroatoms. The summed E-state index contributed by atoms with van der Waals surface area (Å²) in [6, 6.07) is 0.167. The summed E-state index contributed by atoms with van der Waals surface area (Å²) in [6.45, 7) is 8.67. The second kappa shape index (κ2) is 4.82. The van der Waals surface area contributed by atoms with Gasteiger partial charge in [-0.05, 0) is 33.7 Å². The molecule has 0 radical (unpaired) electrons. The molecule has 2 rings (SSSR count). The molecule has 2 fully saturated rings. The average molecular weight is 242 g/mol. The number of nitrogens with zero attached hydrogens (tertiary/aromatic N) is 1. The highest BCUT2D eigenvalue weighted by molar-refractivity contribution is 5.68. The maximum Gasteiger partial charge on any atom is 0.410 e. The molecule has 0 aromatic carbocycles. The van der Waals surface area contributed by atoms with Crippen molar-refractivity contribution < 1.29 is 14.3 Å². The summed E-state index contributed by atoms with van der Waals surface area (Å²) in [5.74, 6) is 0. The van der Waals surface area contributed by atoms with E-state index in [1.54, 1.807) is 0 Å². The molecule has 2 heterocycles. The monoisotopic (exact) mass is 242 g/mol. The Hall–Kier alpha value is -0.810. The van der Waals surface area contributed by atoms with Gasteiger partial charge in [0.1, 0.15) is 5.60 Å². The lowest BCUT2D eigenvalue weighted by atomic mass is 10.0. The van der Waals surface area contributed by atoms with Gasteiger partial charge in [-0.25, -0.2) is 4.79 Å². The topological polar surface area (TPSA) is 50.8 Å². The first-order chi connectivity index (χ1) is 7.97. The highest BCUT2D eigenvalue weighted by Crippen LogP contribution is 2.22. The number of rotatable bonds is 0. The third kappa shape index (κ3) is 3.10. The van der Waals surface area contributed by atoms with E-state index < -0.39 is 5.60 Å². The number of fused-ring (bicyclic) bond motifs is 1. The molecule has 0 saturated carbocycles. The van der Waals surface area contributed by atoms with Crippen LogP contribution >= 0.6 is 0 Å². The minimum Gasteiger partial charge on any atom is -0.444 e. The Balaban J connectivity index is 2.01. The van der Waals surface area contributed by atoms with Crippen LogP contribution in [0.5, 0.6) is 0 Å². The van der Waals surface area contributed by atoms with Crippen molar-refractivity contribution in [2.45, 2.75) is 44.9 Å². The first kappa shape index (κ1) is 12.6. The number of piperidine rings is 1. The highest BCUT2D eigenvalue weighted by Gasteiger charge is 2.38. The van der Waals surface area contributed by atoms with Gasteiger partial charge in [0, 0.05) is 13.1 Å². The standard InChI is InChI=1S/C12H22N2O3/c1-12(2,3)17-11(15)14-6-7-16-10-8-13-5-4-9(10)14/h9-10,13H,4-8H2,1-3H3/t9-,10-/m1/s1. The molecule has 5 nitrogen and oxygen atoms in total. The van der Waals surface area contributed by atoms with E-state index in [0.717, 1.165) is 19.5 Å². The smallest absolute Gasteiger partial charge is 0.410 e. The lowest BCUT2D eigenvalue weighted by molar-refractivity contribution is -0.0839. The van der Waals surface area contributed by atoms with E-state index in [0.29, 0.717) is 13.2 Å². The normalized spacial score (nSPS) is 29.7. The summed E-state index contributed by atoms with van der Waals surface area (Å²) in [5, 5.41) is 3.29. The molecule has 2 atom stereocenters. The van der Waals surface area contributed by atoms with Gasteiger partial charge in [-0.1, -0.05) is 0 Å². The fourth-order valence-corrected chi connectivity index (χ4v) is 2.36. The third-order valence-electron chi connectivity index (χ3n) is 3.08. The molecule has 17 heavy (non-hydrogen) atoms. The SMILES string of the molecule is CC(C)(C)OC(=O)N1CCO[C@@H]2CNCC[C@H]21. The number of hydrogen-bond donors (Lipinski definition) is 1.